The van der Waals surface area contributed by atoms with Gasteiger partial charge in [-0.3, -0.25) is 4.79 Å². The molecular formula is C20H17N3O5. The predicted molar refractivity (Wildman–Crippen MR) is 98.9 cm³/mol. The van der Waals surface area contributed by atoms with Gasteiger partial charge in [-0.15, -0.1) is 0 Å². The number of hydrogen-bond acceptors (Lipinski definition) is 5. The molecule has 2 aliphatic rings. The largest absolute Gasteiger partial charge is 0.484 e. The summed E-state index contributed by atoms with van der Waals surface area (Å²) in [6, 6.07) is 8.35. The molecule has 28 heavy (non-hydrogen) atoms. The molecule has 5 rings (SSSR count). The molecule has 0 aliphatic carbocycles. The molecule has 0 spiro atoms. The number of carboxylic acid groups (broad SMARTS) is 1. The summed E-state index contributed by atoms with van der Waals surface area (Å²) in [7, 11) is 0. The van der Waals surface area contributed by atoms with Gasteiger partial charge in [-0.25, -0.2) is 9.78 Å². The molecule has 142 valence electrons. The summed E-state index contributed by atoms with van der Waals surface area (Å²) in [6.45, 7) is 1.83. The number of aromatic amines is 1. The number of fused-ring (bicyclic) bond motifs is 4. The van der Waals surface area contributed by atoms with E-state index in [1.807, 2.05) is 0 Å². The van der Waals surface area contributed by atoms with Crippen molar-refractivity contribution in [2.45, 2.75) is 13.0 Å². The first kappa shape index (κ1) is 16.6. The van der Waals surface area contributed by atoms with Crippen molar-refractivity contribution in [1.29, 1.82) is 0 Å². The lowest BCUT2D eigenvalue weighted by atomic mass is 10.0. The summed E-state index contributed by atoms with van der Waals surface area (Å²) in [5, 5.41) is 10.1. The van der Waals surface area contributed by atoms with Gasteiger partial charge < -0.3 is 24.5 Å². The van der Waals surface area contributed by atoms with Crippen LogP contribution in [0.2, 0.25) is 0 Å². The Kier molecular flexibility index (Phi) is 3.71. The minimum Gasteiger partial charge on any atom is -0.484 e. The fraction of sp³-hybridized carbons (Fsp3) is 0.250. The van der Waals surface area contributed by atoms with Crippen LogP contribution in [-0.4, -0.2) is 51.6 Å². The lowest BCUT2D eigenvalue weighted by molar-refractivity contribution is 0.0694. The van der Waals surface area contributed by atoms with Crippen LogP contribution < -0.4 is 9.47 Å². The molecule has 2 N–H and O–H groups in total. The van der Waals surface area contributed by atoms with Gasteiger partial charge in [0.2, 0.25) is 0 Å². The van der Waals surface area contributed by atoms with E-state index in [4.69, 9.17) is 9.47 Å². The van der Waals surface area contributed by atoms with Gasteiger partial charge in [-0.05, 0) is 30.3 Å². The average Bonchev–Trinajstić information content (AvgIpc) is 3.10. The first-order valence-corrected chi connectivity index (χ1v) is 9.03. The van der Waals surface area contributed by atoms with Gasteiger partial charge in [-0.1, -0.05) is 0 Å². The number of pyridine rings is 1. The van der Waals surface area contributed by atoms with Crippen LogP contribution >= 0.6 is 0 Å². The highest BCUT2D eigenvalue weighted by Gasteiger charge is 2.27. The van der Waals surface area contributed by atoms with E-state index in [0.29, 0.717) is 50.0 Å². The maximum Gasteiger partial charge on any atom is 0.335 e. The normalized spacial score (nSPS) is 15.4. The molecule has 8 heteroatoms. The van der Waals surface area contributed by atoms with Crippen LogP contribution in [0.15, 0.2) is 30.3 Å². The van der Waals surface area contributed by atoms with Gasteiger partial charge in [0.1, 0.15) is 18.9 Å². The van der Waals surface area contributed by atoms with Gasteiger partial charge in [0, 0.05) is 41.7 Å². The molecule has 2 aliphatic heterocycles. The Morgan fingerprint density at radius 3 is 2.86 bits per heavy atom. The van der Waals surface area contributed by atoms with Gasteiger partial charge in [0.05, 0.1) is 5.56 Å². The number of nitrogens with zero attached hydrogens (tertiary/aromatic N) is 2. The van der Waals surface area contributed by atoms with Crippen molar-refractivity contribution in [3.63, 3.8) is 0 Å². The number of nitrogens with one attached hydrogen (secondary N) is 1. The van der Waals surface area contributed by atoms with Crippen molar-refractivity contribution in [2.75, 3.05) is 19.8 Å². The smallest absolute Gasteiger partial charge is 0.335 e. The molecule has 3 aromatic rings. The Labute approximate surface area is 159 Å². The summed E-state index contributed by atoms with van der Waals surface area (Å²) in [4.78, 5) is 33.7. The third kappa shape index (κ3) is 2.65. The van der Waals surface area contributed by atoms with Gasteiger partial charge in [-0.2, -0.15) is 0 Å². The Balaban J connectivity index is 1.46. The van der Waals surface area contributed by atoms with Crippen molar-refractivity contribution in [2.24, 2.45) is 0 Å². The maximum absolute atomic E-state index is 13.0. The summed E-state index contributed by atoms with van der Waals surface area (Å²) >= 11 is 0. The lowest BCUT2D eigenvalue weighted by Crippen LogP contribution is -2.36. The summed E-state index contributed by atoms with van der Waals surface area (Å²) in [5.74, 6) is -0.276. The number of aromatic carboxylic acids is 1. The number of carboxylic acids is 1. The molecule has 0 radical (unpaired) electrons. The Bertz CT molecular complexity index is 1120. The molecule has 0 atom stereocenters. The molecule has 4 heterocycles. The number of amides is 1. The van der Waals surface area contributed by atoms with Gasteiger partial charge in [0.15, 0.2) is 5.75 Å². The first-order chi connectivity index (χ1) is 13.6. The Morgan fingerprint density at radius 1 is 1.14 bits per heavy atom. The quantitative estimate of drug-likeness (QED) is 0.708. The van der Waals surface area contributed by atoms with Gasteiger partial charge >= 0.3 is 5.97 Å². The second-order valence-electron chi connectivity index (χ2n) is 6.82. The average molecular weight is 379 g/mol. The highest BCUT2D eigenvalue weighted by atomic mass is 16.6. The molecule has 0 bridgehead atoms. The van der Waals surface area contributed by atoms with Crippen LogP contribution in [0.25, 0.3) is 10.9 Å². The number of benzene rings is 1. The van der Waals surface area contributed by atoms with E-state index in [-0.39, 0.29) is 11.5 Å². The second-order valence-corrected chi connectivity index (χ2v) is 6.82. The number of aromatic nitrogens is 2. The molecule has 0 unspecified atom stereocenters. The van der Waals surface area contributed by atoms with Crippen LogP contribution in [0.1, 0.15) is 32.1 Å². The minimum absolute atomic E-state index is 0.189. The Hall–Kier alpha value is -3.55. The van der Waals surface area contributed by atoms with Crippen LogP contribution in [0.5, 0.6) is 11.6 Å². The van der Waals surface area contributed by atoms with Crippen molar-refractivity contribution in [1.82, 2.24) is 14.9 Å². The predicted octanol–water partition coefficient (Wildman–Crippen LogP) is 2.23. The van der Waals surface area contributed by atoms with E-state index >= 15 is 0 Å². The first-order valence-electron chi connectivity index (χ1n) is 9.03. The zero-order valence-electron chi connectivity index (χ0n) is 14.9. The van der Waals surface area contributed by atoms with Crippen molar-refractivity contribution >= 4 is 22.8 Å². The molecule has 8 nitrogen and oxygen atoms in total. The van der Waals surface area contributed by atoms with Crippen molar-refractivity contribution in [3.8, 4) is 11.6 Å². The summed E-state index contributed by atoms with van der Waals surface area (Å²) < 4.78 is 10.9. The number of ether oxygens (including phenoxy) is 2. The number of hydrogen-bond donors (Lipinski definition) is 2. The highest BCUT2D eigenvalue weighted by Crippen LogP contribution is 2.31. The minimum atomic E-state index is -0.971. The molecule has 1 amide bonds. The second kappa shape index (κ2) is 6.26. The zero-order chi connectivity index (χ0) is 19.3. The number of rotatable bonds is 2. The number of carbonyl (C=O) groups is 2. The highest BCUT2D eigenvalue weighted by molar-refractivity contribution is 5.96. The molecular weight excluding hydrogens is 362 g/mol. The van der Waals surface area contributed by atoms with Crippen molar-refractivity contribution < 1.29 is 24.2 Å². The summed E-state index contributed by atoms with van der Waals surface area (Å²) in [5.41, 5.74) is 3.40. The standard InChI is InChI=1S/C20H17N3O5/c24-19(16-3-4-17-18(22-16)28-8-7-27-17)23-6-5-15-13(10-23)12-9-11(20(25)26)1-2-14(12)21-15/h1-4,9,21H,5-8,10H2,(H,25,26). The number of H-pyrrole nitrogens is 1. The molecule has 2 aromatic heterocycles. The van der Waals surface area contributed by atoms with E-state index < -0.39 is 5.97 Å². The molecule has 0 fully saturated rings. The summed E-state index contributed by atoms with van der Waals surface area (Å²) in [6.07, 6.45) is 0.669. The molecule has 0 saturated heterocycles. The van der Waals surface area contributed by atoms with E-state index in [9.17, 15) is 14.7 Å². The topological polar surface area (TPSA) is 105 Å². The molecule has 0 saturated carbocycles. The SMILES string of the molecule is O=C(O)c1ccc2[nH]c3c(c2c1)CN(C(=O)c1ccc2c(n1)OCCO2)CC3. The number of carbonyl (C=O) groups excluding carboxylic acids is 1. The zero-order valence-corrected chi connectivity index (χ0v) is 14.9. The van der Waals surface area contributed by atoms with Crippen LogP contribution in [-0.2, 0) is 13.0 Å². The molecule has 1 aromatic carbocycles. The monoisotopic (exact) mass is 379 g/mol. The van der Waals surface area contributed by atoms with E-state index in [0.717, 1.165) is 22.2 Å². The lowest BCUT2D eigenvalue weighted by Gasteiger charge is -2.27. The third-order valence-corrected chi connectivity index (χ3v) is 5.13. The fourth-order valence-electron chi connectivity index (χ4n) is 3.73. The Morgan fingerprint density at radius 2 is 2.00 bits per heavy atom. The van der Waals surface area contributed by atoms with Crippen LogP contribution in [0, 0.1) is 0 Å². The van der Waals surface area contributed by atoms with Crippen LogP contribution in [0.3, 0.4) is 0 Å². The fourth-order valence-corrected chi connectivity index (χ4v) is 3.73. The van der Waals surface area contributed by atoms with E-state index in [1.165, 1.54) is 0 Å². The van der Waals surface area contributed by atoms with E-state index in [2.05, 4.69) is 9.97 Å². The van der Waals surface area contributed by atoms with Gasteiger partial charge in [0.25, 0.3) is 11.8 Å². The van der Waals surface area contributed by atoms with Crippen LogP contribution in [0.4, 0.5) is 0 Å². The van der Waals surface area contributed by atoms with E-state index in [1.54, 1.807) is 35.2 Å². The third-order valence-electron chi connectivity index (χ3n) is 5.13. The van der Waals surface area contributed by atoms with Crippen molar-refractivity contribution in [3.05, 3.63) is 52.8 Å². The maximum atomic E-state index is 13.0.